The summed E-state index contributed by atoms with van der Waals surface area (Å²) in [6.07, 6.45) is 0. The van der Waals surface area contributed by atoms with Crippen LogP contribution >= 0.6 is 0 Å². The number of nitrogens with zero attached hydrogens (tertiary/aromatic N) is 2. The zero-order chi connectivity index (χ0) is 13.1. The largest absolute Gasteiger partial charge is 0.379 e. The van der Waals surface area contributed by atoms with E-state index in [9.17, 15) is 0 Å². The molecule has 1 aliphatic heterocycles. The lowest BCUT2D eigenvalue weighted by atomic mass is 9.79. The summed E-state index contributed by atoms with van der Waals surface area (Å²) in [6, 6.07) is 0. The maximum Gasteiger partial charge on any atom is 0.0594 e. The van der Waals surface area contributed by atoms with Gasteiger partial charge in [-0.25, -0.2) is 0 Å². The first-order valence-corrected chi connectivity index (χ1v) is 6.95. The van der Waals surface area contributed by atoms with E-state index in [2.05, 4.69) is 51.3 Å². The van der Waals surface area contributed by atoms with Gasteiger partial charge in [0.05, 0.1) is 13.2 Å². The Balaban J connectivity index is 2.85. The van der Waals surface area contributed by atoms with Gasteiger partial charge < -0.3 is 4.74 Å². The number of hydrogen-bond acceptors (Lipinski definition) is 3. The molecule has 1 heterocycles. The van der Waals surface area contributed by atoms with E-state index in [1.807, 2.05) is 0 Å². The third-order valence-corrected chi connectivity index (χ3v) is 4.85. The first-order valence-electron chi connectivity index (χ1n) is 6.95. The minimum Gasteiger partial charge on any atom is -0.379 e. The first kappa shape index (κ1) is 14.9. The third-order valence-electron chi connectivity index (χ3n) is 4.85. The van der Waals surface area contributed by atoms with Crippen LogP contribution in [0.1, 0.15) is 41.5 Å². The van der Waals surface area contributed by atoms with Crippen LogP contribution in [-0.4, -0.2) is 60.3 Å². The smallest absolute Gasteiger partial charge is 0.0594 e. The highest BCUT2D eigenvalue weighted by Crippen LogP contribution is 2.33. The molecule has 1 aliphatic rings. The number of hydrogen-bond donors (Lipinski definition) is 0. The van der Waals surface area contributed by atoms with Crippen molar-refractivity contribution in [1.29, 1.82) is 0 Å². The Bertz CT molecular complexity index is 228. The van der Waals surface area contributed by atoms with E-state index < -0.39 is 0 Å². The molecule has 0 aliphatic carbocycles. The van der Waals surface area contributed by atoms with Crippen molar-refractivity contribution in [3.63, 3.8) is 0 Å². The van der Waals surface area contributed by atoms with Crippen molar-refractivity contribution < 1.29 is 4.74 Å². The van der Waals surface area contributed by atoms with E-state index >= 15 is 0 Å². The van der Waals surface area contributed by atoms with Crippen molar-refractivity contribution >= 4 is 0 Å². The maximum absolute atomic E-state index is 5.47. The van der Waals surface area contributed by atoms with Crippen molar-refractivity contribution in [1.82, 2.24) is 9.80 Å². The number of morpholine rings is 1. The molecule has 1 rings (SSSR count). The summed E-state index contributed by atoms with van der Waals surface area (Å²) < 4.78 is 5.47. The Morgan fingerprint density at radius 2 is 1.47 bits per heavy atom. The van der Waals surface area contributed by atoms with Gasteiger partial charge in [0.1, 0.15) is 0 Å². The highest BCUT2D eigenvalue weighted by atomic mass is 16.5. The van der Waals surface area contributed by atoms with E-state index in [-0.39, 0.29) is 11.1 Å². The summed E-state index contributed by atoms with van der Waals surface area (Å²) in [5, 5.41) is 0. The molecule has 1 saturated heterocycles. The summed E-state index contributed by atoms with van der Waals surface area (Å²) in [5.41, 5.74) is 0.344. The average molecular weight is 242 g/mol. The fourth-order valence-electron chi connectivity index (χ4n) is 2.91. The standard InChI is InChI=1S/C14H30N2O/c1-7-15(8-2)13(3,4)14(5,6)16-9-11-17-12-10-16/h7-12H2,1-6H3. The fraction of sp³-hybridized carbons (Fsp3) is 1.00. The second kappa shape index (κ2) is 5.68. The molecule has 0 unspecified atom stereocenters. The lowest BCUT2D eigenvalue weighted by Gasteiger charge is -2.55. The van der Waals surface area contributed by atoms with Gasteiger partial charge in [-0.05, 0) is 40.8 Å². The van der Waals surface area contributed by atoms with Gasteiger partial charge in [-0.2, -0.15) is 0 Å². The molecule has 0 saturated carbocycles. The molecule has 0 aromatic heterocycles. The van der Waals surface area contributed by atoms with Crippen LogP contribution in [0.2, 0.25) is 0 Å². The first-order chi connectivity index (χ1) is 7.87. The summed E-state index contributed by atoms with van der Waals surface area (Å²) in [5.74, 6) is 0. The van der Waals surface area contributed by atoms with Gasteiger partial charge in [0.25, 0.3) is 0 Å². The quantitative estimate of drug-likeness (QED) is 0.735. The number of ether oxygens (including phenoxy) is 1. The SMILES string of the molecule is CCN(CC)C(C)(C)C(C)(C)N1CCOCC1. The van der Waals surface area contributed by atoms with E-state index in [4.69, 9.17) is 4.74 Å². The Morgan fingerprint density at radius 1 is 1.00 bits per heavy atom. The second-order valence-electron chi connectivity index (χ2n) is 5.89. The van der Waals surface area contributed by atoms with E-state index in [0.29, 0.717) is 0 Å². The van der Waals surface area contributed by atoms with Crippen molar-refractivity contribution in [3.05, 3.63) is 0 Å². The van der Waals surface area contributed by atoms with E-state index in [1.54, 1.807) is 0 Å². The Kier molecular flexibility index (Phi) is 4.99. The molecule has 1 fully saturated rings. The molecule has 0 bridgehead atoms. The molecule has 17 heavy (non-hydrogen) atoms. The monoisotopic (exact) mass is 242 g/mol. The van der Waals surface area contributed by atoms with Gasteiger partial charge in [0.2, 0.25) is 0 Å². The van der Waals surface area contributed by atoms with Crippen molar-refractivity contribution in [2.24, 2.45) is 0 Å². The summed E-state index contributed by atoms with van der Waals surface area (Å²) >= 11 is 0. The van der Waals surface area contributed by atoms with Gasteiger partial charge in [0.15, 0.2) is 0 Å². The lowest BCUT2D eigenvalue weighted by Crippen LogP contribution is -2.66. The molecule has 0 spiro atoms. The lowest BCUT2D eigenvalue weighted by molar-refractivity contribution is -0.0752. The molecule has 3 heteroatoms. The van der Waals surface area contributed by atoms with Crippen LogP contribution in [0.3, 0.4) is 0 Å². The molecular formula is C14H30N2O. The van der Waals surface area contributed by atoms with Crippen LogP contribution in [0.5, 0.6) is 0 Å². The number of likely N-dealkylation sites (N-methyl/N-ethyl adjacent to an activating group) is 1. The maximum atomic E-state index is 5.47. The van der Waals surface area contributed by atoms with Gasteiger partial charge in [-0.1, -0.05) is 13.8 Å². The van der Waals surface area contributed by atoms with Crippen molar-refractivity contribution in [2.75, 3.05) is 39.4 Å². The molecule has 0 aromatic carbocycles. The van der Waals surface area contributed by atoms with Crippen molar-refractivity contribution in [2.45, 2.75) is 52.6 Å². The summed E-state index contributed by atoms with van der Waals surface area (Å²) in [6.45, 7) is 20.1. The van der Waals surface area contributed by atoms with Gasteiger partial charge in [-0.15, -0.1) is 0 Å². The van der Waals surface area contributed by atoms with E-state index in [1.165, 1.54) is 0 Å². The highest BCUT2D eigenvalue weighted by molar-refractivity contribution is 5.02. The predicted molar refractivity (Wildman–Crippen MR) is 73.5 cm³/mol. The second-order valence-corrected chi connectivity index (χ2v) is 5.89. The van der Waals surface area contributed by atoms with Crippen LogP contribution in [-0.2, 0) is 4.74 Å². The Labute approximate surface area is 107 Å². The Hall–Kier alpha value is -0.120. The normalized spacial score (nSPS) is 19.9. The van der Waals surface area contributed by atoms with Crippen LogP contribution in [0, 0.1) is 0 Å². The molecule has 0 atom stereocenters. The molecule has 3 nitrogen and oxygen atoms in total. The van der Waals surface area contributed by atoms with Gasteiger partial charge in [-0.3, -0.25) is 9.80 Å². The number of rotatable bonds is 5. The summed E-state index contributed by atoms with van der Waals surface area (Å²) in [4.78, 5) is 5.14. The molecular weight excluding hydrogens is 212 g/mol. The predicted octanol–water partition coefficient (Wildman–Crippen LogP) is 2.22. The van der Waals surface area contributed by atoms with Crippen LogP contribution in [0.25, 0.3) is 0 Å². The molecule has 0 N–H and O–H groups in total. The van der Waals surface area contributed by atoms with Crippen LogP contribution < -0.4 is 0 Å². The van der Waals surface area contributed by atoms with Crippen LogP contribution in [0.4, 0.5) is 0 Å². The fourth-order valence-corrected chi connectivity index (χ4v) is 2.91. The highest BCUT2D eigenvalue weighted by Gasteiger charge is 2.44. The third kappa shape index (κ3) is 2.83. The topological polar surface area (TPSA) is 15.7 Å². The average Bonchev–Trinajstić information content (AvgIpc) is 2.31. The molecule has 0 radical (unpaired) electrons. The molecule has 0 aromatic rings. The van der Waals surface area contributed by atoms with Gasteiger partial charge in [0, 0.05) is 24.2 Å². The Morgan fingerprint density at radius 3 is 1.88 bits per heavy atom. The van der Waals surface area contributed by atoms with Crippen molar-refractivity contribution in [3.8, 4) is 0 Å². The molecule has 0 amide bonds. The summed E-state index contributed by atoms with van der Waals surface area (Å²) in [7, 11) is 0. The minimum absolute atomic E-state index is 0.169. The van der Waals surface area contributed by atoms with Gasteiger partial charge >= 0.3 is 0 Å². The minimum atomic E-state index is 0.169. The molecule has 102 valence electrons. The zero-order valence-corrected chi connectivity index (χ0v) is 12.5. The zero-order valence-electron chi connectivity index (χ0n) is 12.5. The van der Waals surface area contributed by atoms with Crippen LogP contribution in [0.15, 0.2) is 0 Å². The van der Waals surface area contributed by atoms with E-state index in [0.717, 1.165) is 39.4 Å².